The lowest BCUT2D eigenvalue weighted by Crippen LogP contribution is -2.07. The molecule has 0 spiro atoms. The second-order valence-corrected chi connectivity index (χ2v) is 6.85. The van der Waals surface area contributed by atoms with Gasteiger partial charge in [-0.1, -0.05) is 16.8 Å². The molecular formula is C19H16ClN5O3. The van der Waals surface area contributed by atoms with Crippen LogP contribution in [0.2, 0.25) is 5.02 Å². The van der Waals surface area contributed by atoms with Gasteiger partial charge in [-0.05, 0) is 44.2 Å². The van der Waals surface area contributed by atoms with Gasteiger partial charge in [0.25, 0.3) is 5.89 Å². The van der Waals surface area contributed by atoms with Crippen molar-refractivity contribution >= 4 is 28.6 Å². The average molecular weight is 398 g/mol. The van der Waals surface area contributed by atoms with E-state index in [2.05, 4.69) is 20.2 Å². The quantitative estimate of drug-likeness (QED) is 0.468. The van der Waals surface area contributed by atoms with Crippen molar-refractivity contribution < 1.29 is 14.1 Å². The first-order valence-corrected chi connectivity index (χ1v) is 8.98. The third-order valence-corrected chi connectivity index (χ3v) is 4.31. The second kappa shape index (κ2) is 7.40. The molecule has 0 atom stereocenters. The van der Waals surface area contributed by atoms with Crippen LogP contribution in [0, 0.1) is 0 Å². The van der Waals surface area contributed by atoms with E-state index in [1.54, 1.807) is 41.2 Å². The number of halogens is 1. The molecule has 0 saturated heterocycles. The van der Waals surface area contributed by atoms with E-state index < -0.39 is 5.97 Å². The molecule has 0 radical (unpaired) electrons. The summed E-state index contributed by atoms with van der Waals surface area (Å²) in [5, 5.41) is 9.56. The van der Waals surface area contributed by atoms with Crippen LogP contribution in [0.25, 0.3) is 22.4 Å². The Bertz CT molecular complexity index is 1130. The molecule has 4 rings (SSSR count). The van der Waals surface area contributed by atoms with Gasteiger partial charge in [0.1, 0.15) is 0 Å². The van der Waals surface area contributed by atoms with Crippen LogP contribution in [0.15, 0.2) is 47.2 Å². The van der Waals surface area contributed by atoms with E-state index in [-0.39, 0.29) is 18.5 Å². The van der Waals surface area contributed by atoms with Crippen LogP contribution < -0.4 is 0 Å². The molecule has 0 N–H and O–H groups in total. The van der Waals surface area contributed by atoms with E-state index >= 15 is 0 Å². The highest BCUT2D eigenvalue weighted by Gasteiger charge is 2.15. The number of carbonyl (C=O) groups is 1. The Morgan fingerprint density at radius 2 is 2.04 bits per heavy atom. The van der Waals surface area contributed by atoms with Crippen molar-refractivity contribution in [2.75, 3.05) is 0 Å². The molecule has 3 heterocycles. The summed E-state index contributed by atoms with van der Waals surface area (Å²) >= 11 is 5.87. The minimum Gasteiger partial charge on any atom is -0.452 e. The van der Waals surface area contributed by atoms with Gasteiger partial charge in [-0.15, -0.1) is 0 Å². The van der Waals surface area contributed by atoms with Crippen LogP contribution in [-0.4, -0.2) is 30.9 Å². The lowest BCUT2D eigenvalue weighted by atomic mass is 10.2. The van der Waals surface area contributed by atoms with E-state index in [1.165, 1.54) is 6.20 Å². The van der Waals surface area contributed by atoms with Crippen LogP contribution >= 0.6 is 11.6 Å². The van der Waals surface area contributed by atoms with Crippen molar-refractivity contribution in [2.45, 2.75) is 26.5 Å². The molecule has 0 aliphatic rings. The Labute approximate surface area is 165 Å². The fourth-order valence-corrected chi connectivity index (χ4v) is 2.80. The number of esters is 1. The third-order valence-electron chi connectivity index (χ3n) is 4.06. The third kappa shape index (κ3) is 3.59. The topological polar surface area (TPSA) is 95.9 Å². The number of fused-ring (bicyclic) bond motifs is 1. The zero-order chi connectivity index (χ0) is 19.7. The van der Waals surface area contributed by atoms with Gasteiger partial charge in [0.2, 0.25) is 5.82 Å². The Hall–Kier alpha value is -3.26. The van der Waals surface area contributed by atoms with Gasteiger partial charge >= 0.3 is 5.97 Å². The number of nitrogens with zero attached hydrogens (tertiary/aromatic N) is 5. The number of aromatic nitrogens is 5. The van der Waals surface area contributed by atoms with E-state index in [0.717, 1.165) is 16.6 Å². The highest BCUT2D eigenvalue weighted by molar-refractivity contribution is 6.30. The van der Waals surface area contributed by atoms with Crippen molar-refractivity contribution in [3.63, 3.8) is 0 Å². The lowest BCUT2D eigenvalue weighted by Gasteiger charge is -2.06. The number of benzene rings is 1. The zero-order valence-corrected chi connectivity index (χ0v) is 15.9. The van der Waals surface area contributed by atoms with Gasteiger partial charge in [-0.2, -0.15) is 10.1 Å². The maximum atomic E-state index is 12.3. The van der Waals surface area contributed by atoms with Crippen molar-refractivity contribution in [1.29, 1.82) is 0 Å². The van der Waals surface area contributed by atoms with Gasteiger partial charge < -0.3 is 9.26 Å². The van der Waals surface area contributed by atoms with E-state index in [4.69, 9.17) is 20.9 Å². The predicted molar refractivity (Wildman–Crippen MR) is 102 cm³/mol. The van der Waals surface area contributed by atoms with E-state index in [9.17, 15) is 4.79 Å². The van der Waals surface area contributed by atoms with Crippen LogP contribution in [-0.2, 0) is 11.3 Å². The standard InChI is InChI=1S/C19H16ClN5O3/c1-11(2)25-18-13(9-22-25)7-14(8-21-18)19(26)27-10-16-23-17(24-28-16)12-3-5-15(20)6-4-12/h3-9,11H,10H2,1-2H3. The average Bonchev–Trinajstić information content (AvgIpc) is 3.33. The molecule has 142 valence electrons. The second-order valence-electron chi connectivity index (χ2n) is 6.41. The number of carbonyl (C=O) groups excluding carboxylic acids is 1. The summed E-state index contributed by atoms with van der Waals surface area (Å²) in [6.45, 7) is 3.89. The lowest BCUT2D eigenvalue weighted by molar-refractivity contribution is 0.0429. The molecule has 0 aliphatic carbocycles. The highest BCUT2D eigenvalue weighted by Crippen LogP contribution is 2.20. The van der Waals surface area contributed by atoms with Gasteiger partial charge in [0.05, 0.1) is 11.8 Å². The molecular weight excluding hydrogens is 382 g/mol. The van der Waals surface area contributed by atoms with Gasteiger partial charge in [0.15, 0.2) is 12.3 Å². The van der Waals surface area contributed by atoms with Gasteiger partial charge in [-0.25, -0.2) is 14.5 Å². The minimum absolute atomic E-state index is 0.136. The monoisotopic (exact) mass is 397 g/mol. The Kier molecular flexibility index (Phi) is 4.79. The minimum atomic E-state index is -0.530. The van der Waals surface area contributed by atoms with Crippen molar-refractivity contribution in [3.8, 4) is 11.4 Å². The molecule has 0 fully saturated rings. The van der Waals surface area contributed by atoms with Crippen LogP contribution in [0.1, 0.15) is 36.1 Å². The maximum absolute atomic E-state index is 12.3. The Balaban J connectivity index is 1.44. The maximum Gasteiger partial charge on any atom is 0.340 e. The number of pyridine rings is 1. The van der Waals surface area contributed by atoms with Crippen LogP contribution in [0.4, 0.5) is 0 Å². The number of hydrogen-bond donors (Lipinski definition) is 0. The molecule has 0 unspecified atom stereocenters. The molecule has 9 heteroatoms. The summed E-state index contributed by atoms with van der Waals surface area (Å²) in [6, 6.07) is 8.90. The van der Waals surface area contributed by atoms with Crippen LogP contribution in [0.3, 0.4) is 0 Å². The highest BCUT2D eigenvalue weighted by atomic mass is 35.5. The fourth-order valence-electron chi connectivity index (χ4n) is 2.67. The van der Waals surface area contributed by atoms with E-state index in [0.29, 0.717) is 16.4 Å². The number of hydrogen-bond acceptors (Lipinski definition) is 7. The first-order chi connectivity index (χ1) is 13.5. The Morgan fingerprint density at radius 1 is 1.25 bits per heavy atom. The molecule has 4 aromatic rings. The number of ether oxygens (including phenoxy) is 1. The van der Waals surface area contributed by atoms with Crippen molar-refractivity contribution in [3.05, 3.63) is 59.2 Å². The number of rotatable bonds is 5. The molecule has 0 bridgehead atoms. The van der Waals surface area contributed by atoms with Crippen LogP contribution in [0.5, 0.6) is 0 Å². The smallest absolute Gasteiger partial charge is 0.340 e. The summed E-state index contributed by atoms with van der Waals surface area (Å²) in [7, 11) is 0. The first kappa shape index (κ1) is 18.1. The molecule has 0 amide bonds. The van der Waals surface area contributed by atoms with E-state index in [1.807, 2.05) is 13.8 Å². The molecule has 8 nitrogen and oxygen atoms in total. The molecule has 28 heavy (non-hydrogen) atoms. The molecule has 1 aromatic carbocycles. The zero-order valence-electron chi connectivity index (χ0n) is 15.2. The summed E-state index contributed by atoms with van der Waals surface area (Å²) in [6.07, 6.45) is 3.15. The summed E-state index contributed by atoms with van der Waals surface area (Å²) < 4.78 is 12.2. The molecule has 3 aromatic heterocycles. The molecule has 0 saturated carbocycles. The van der Waals surface area contributed by atoms with Crippen molar-refractivity contribution in [2.24, 2.45) is 0 Å². The largest absolute Gasteiger partial charge is 0.452 e. The van der Waals surface area contributed by atoms with Crippen molar-refractivity contribution in [1.82, 2.24) is 24.9 Å². The fraction of sp³-hybridized carbons (Fsp3) is 0.211. The summed E-state index contributed by atoms with van der Waals surface area (Å²) in [5.74, 6) is 0.0600. The molecule has 0 aliphatic heterocycles. The summed E-state index contributed by atoms with van der Waals surface area (Å²) in [5.41, 5.74) is 1.80. The normalized spacial score (nSPS) is 11.3. The first-order valence-electron chi connectivity index (χ1n) is 8.60. The summed E-state index contributed by atoms with van der Waals surface area (Å²) in [4.78, 5) is 20.9. The SMILES string of the molecule is CC(C)n1ncc2cc(C(=O)OCc3nc(-c4ccc(Cl)cc4)no3)cnc21. The van der Waals surface area contributed by atoms with Gasteiger partial charge in [0, 0.05) is 28.2 Å². The van der Waals surface area contributed by atoms with Gasteiger partial charge in [-0.3, -0.25) is 0 Å². The predicted octanol–water partition coefficient (Wildman–Crippen LogP) is 4.07. The Morgan fingerprint density at radius 3 is 2.79 bits per heavy atom.